The summed E-state index contributed by atoms with van der Waals surface area (Å²) in [7, 11) is -3.66. The van der Waals surface area contributed by atoms with E-state index in [9.17, 15) is 17.6 Å². The molecule has 0 bridgehead atoms. The Kier molecular flexibility index (Phi) is 6.37. The summed E-state index contributed by atoms with van der Waals surface area (Å²) < 4.78 is 38.9. The molecule has 0 heterocycles. The van der Waals surface area contributed by atoms with Crippen molar-refractivity contribution in [3.8, 4) is 0 Å². The van der Waals surface area contributed by atoms with Crippen molar-refractivity contribution >= 4 is 21.6 Å². The van der Waals surface area contributed by atoms with Crippen molar-refractivity contribution in [1.29, 1.82) is 0 Å². The monoisotopic (exact) mass is 378 g/mol. The van der Waals surface area contributed by atoms with Crippen LogP contribution in [0.25, 0.3) is 0 Å². The van der Waals surface area contributed by atoms with Gasteiger partial charge in [-0.2, -0.15) is 0 Å². The number of sulfonamides is 1. The smallest absolute Gasteiger partial charge is 0.244 e. The van der Waals surface area contributed by atoms with Gasteiger partial charge in [-0.15, -0.1) is 0 Å². The van der Waals surface area contributed by atoms with Crippen LogP contribution in [0.1, 0.15) is 31.9 Å². The third-order valence-corrected chi connectivity index (χ3v) is 5.25. The van der Waals surface area contributed by atoms with Gasteiger partial charge < -0.3 is 5.32 Å². The number of para-hydroxylation sites is 1. The maximum absolute atomic E-state index is 13.1. The fourth-order valence-corrected chi connectivity index (χ4v) is 3.99. The fourth-order valence-electron chi connectivity index (χ4n) is 2.78. The Morgan fingerprint density at radius 3 is 2.19 bits per heavy atom. The van der Waals surface area contributed by atoms with Crippen LogP contribution in [0.4, 0.5) is 10.1 Å². The summed E-state index contributed by atoms with van der Waals surface area (Å²) in [6.07, 6.45) is 1.39. The second-order valence-electron chi connectivity index (χ2n) is 6.10. The van der Waals surface area contributed by atoms with Gasteiger partial charge in [-0.05, 0) is 43.2 Å². The van der Waals surface area contributed by atoms with Crippen LogP contribution in [-0.4, -0.2) is 26.6 Å². The van der Waals surface area contributed by atoms with E-state index in [0.717, 1.165) is 16.1 Å². The molecule has 2 atom stereocenters. The molecule has 0 aliphatic rings. The molecule has 0 aliphatic carbocycles. The van der Waals surface area contributed by atoms with E-state index < -0.39 is 22.0 Å². The SMILES string of the molecule is CC[C@H](C(=O)N[C@@H](C)c1ccc(F)cc1)N(c1ccccc1)S(C)(=O)=O. The fraction of sp³-hybridized carbons (Fsp3) is 0.316. The first-order chi connectivity index (χ1) is 12.2. The van der Waals surface area contributed by atoms with Crippen LogP contribution >= 0.6 is 0 Å². The Hall–Kier alpha value is -2.41. The second-order valence-corrected chi connectivity index (χ2v) is 7.96. The Morgan fingerprint density at radius 1 is 1.12 bits per heavy atom. The number of halogens is 1. The van der Waals surface area contributed by atoms with Crippen molar-refractivity contribution in [2.75, 3.05) is 10.6 Å². The number of carbonyl (C=O) groups excluding carboxylic acids is 1. The summed E-state index contributed by atoms with van der Waals surface area (Å²) in [5.41, 5.74) is 1.17. The molecule has 2 aromatic carbocycles. The lowest BCUT2D eigenvalue weighted by Crippen LogP contribution is -2.49. The van der Waals surface area contributed by atoms with Crippen molar-refractivity contribution in [3.05, 3.63) is 66.0 Å². The van der Waals surface area contributed by atoms with Gasteiger partial charge in [-0.25, -0.2) is 12.8 Å². The molecule has 7 heteroatoms. The maximum Gasteiger partial charge on any atom is 0.244 e. The van der Waals surface area contributed by atoms with E-state index in [1.165, 1.54) is 12.1 Å². The van der Waals surface area contributed by atoms with Crippen LogP contribution in [0, 0.1) is 5.82 Å². The first-order valence-electron chi connectivity index (χ1n) is 8.34. The molecule has 0 saturated heterocycles. The third-order valence-electron chi connectivity index (χ3n) is 4.07. The molecule has 1 N–H and O–H groups in total. The molecule has 2 aromatic rings. The highest BCUT2D eigenvalue weighted by atomic mass is 32.2. The van der Waals surface area contributed by atoms with Crippen LogP contribution in [0.5, 0.6) is 0 Å². The Balaban J connectivity index is 2.26. The summed E-state index contributed by atoms with van der Waals surface area (Å²) in [6, 6.07) is 13.1. The van der Waals surface area contributed by atoms with E-state index in [1.54, 1.807) is 56.3 Å². The average Bonchev–Trinajstić information content (AvgIpc) is 2.59. The van der Waals surface area contributed by atoms with Gasteiger partial charge in [0.05, 0.1) is 18.0 Å². The van der Waals surface area contributed by atoms with Crippen LogP contribution in [0.3, 0.4) is 0 Å². The highest BCUT2D eigenvalue weighted by Crippen LogP contribution is 2.23. The predicted octanol–water partition coefficient (Wildman–Crippen LogP) is 3.25. The summed E-state index contributed by atoms with van der Waals surface area (Å²) in [5, 5.41) is 2.82. The molecule has 0 aliphatic heterocycles. The normalized spacial score (nSPS) is 13.7. The Labute approximate surface area is 153 Å². The van der Waals surface area contributed by atoms with Gasteiger partial charge in [-0.3, -0.25) is 9.10 Å². The van der Waals surface area contributed by atoms with E-state index in [2.05, 4.69) is 5.32 Å². The van der Waals surface area contributed by atoms with Crippen LogP contribution in [0.2, 0.25) is 0 Å². The van der Waals surface area contributed by atoms with Gasteiger partial charge in [0.15, 0.2) is 0 Å². The predicted molar refractivity (Wildman–Crippen MR) is 101 cm³/mol. The van der Waals surface area contributed by atoms with E-state index in [0.29, 0.717) is 12.1 Å². The summed E-state index contributed by atoms with van der Waals surface area (Å²) >= 11 is 0. The summed E-state index contributed by atoms with van der Waals surface area (Å²) in [6.45, 7) is 3.53. The Morgan fingerprint density at radius 2 is 1.69 bits per heavy atom. The lowest BCUT2D eigenvalue weighted by atomic mass is 10.1. The molecule has 0 aromatic heterocycles. The number of amides is 1. The molecule has 140 valence electrons. The van der Waals surface area contributed by atoms with Gasteiger partial charge in [0.25, 0.3) is 0 Å². The van der Waals surface area contributed by atoms with E-state index >= 15 is 0 Å². The standard InChI is InChI=1S/C19H23FN2O3S/c1-4-18(22(26(3,24)25)17-8-6-5-7-9-17)19(23)21-14(2)15-10-12-16(20)13-11-15/h5-14,18H,4H2,1-3H3,(H,21,23)/t14-,18+/m0/s1. The van der Waals surface area contributed by atoms with Crippen molar-refractivity contribution in [1.82, 2.24) is 5.32 Å². The molecule has 0 unspecified atom stereocenters. The zero-order chi connectivity index (χ0) is 19.3. The number of nitrogens with zero attached hydrogens (tertiary/aromatic N) is 1. The summed E-state index contributed by atoms with van der Waals surface area (Å²) in [4.78, 5) is 12.8. The van der Waals surface area contributed by atoms with Gasteiger partial charge in [-0.1, -0.05) is 37.3 Å². The van der Waals surface area contributed by atoms with E-state index in [-0.39, 0.29) is 11.9 Å². The van der Waals surface area contributed by atoms with Crippen LogP contribution in [-0.2, 0) is 14.8 Å². The lowest BCUT2D eigenvalue weighted by molar-refractivity contribution is -0.122. The van der Waals surface area contributed by atoms with Crippen LogP contribution in [0.15, 0.2) is 54.6 Å². The zero-order valence-corrected chi connectivity index (χ0v) is 15.8. The van der Waals surface area contributed by atoms with Gasteiger partial charge in [0.2, 0.25) is 15.9 Å². The third kappa shape index (κ3) is 4.82. The Bertz CT molecular complexity index is 839. The molecule has 0 fully saturated rings. The van der Waals surface area contributed by atoms with Crippen molar-refractivity contribution < 1.29 is 17.6 Å². The quantitative estimate of drug-likeness (QED) is 0.804. The van der Waals surface area contributed by atoms with Crippen molar-refractivity contribution in [3.63, 3.8) is 0 Å². The number of anilines is 1. The van der Waals surface area contributed by atoms with Crippen molar-refractivity contribution in [2.24, 2.45) is 0 Å². The van der Waals surface area contributed by atoms with Crippen molar-refractivity contribution in [2.45, 2.75) is 32.4 Å². The molecule has 1 amide bonds. The topological polar surface area (TPSA) is 66.5 Å². The first-order valence-corrected chi connectivity index (χ1v) is 10.2. The lowest BCUT2D eigenvalue weighted by Gasteiger charge is -2.31. The molecule has 0 saturated carbocycles. The second kappa shape index (κ2) is 8.31. The van der Waals surface area contributed by atoms with E-state index in [4.69, 9.17) is 0 Å². The number of benzene rings is 2. The highest BCUT2D eigenvalue weighted by Gasteiger charge is 2.32. The first kappa shape index (κ1) is 19.9. The largest absolute Gasteiger partial charge is 0.348 e. The van der Waals surface area contributed by atoms with Gasteiger partial charge >= 0.3 is 0 Å². The molecular formula is C19H23FN2O3S. The summed E-state index contributed by atoms with van der Waals surface area (Å²) in [5.74, 6) is -0.760. The number of nitrogens with one attached hydrogen (secondary N) is 1. The number of hydrogen-bond donors (Lipinski definition) is 1. The van der Waals surface area contributed by atoms with Gasteiger partial charge in [0.1, 0.15) is 11.9 Å². The number of rotatable bonds is 7. The number of carbonyl (C=O) groups is 1. The highest BCUT2D eigenvalue weighted by molar-refractivity contribution is 7.92. The molecule has 5 nitrogen and oxygen atoms in total. The minimum atomic E-state index is -3.66. The molecule has 26 heavy (non-hydrogen) atoms. The van der Waals surface area contributed by atoms with Gasteiger partial charge in [0, 0.05) is 0 Å². The molecule has 0 radical (unpaired) electrons. The zero-order valence-electron chi connectivity index (χ0n) is 15.0. The minimum absolute atomic E-state index is 0.309. The average molecular weight is 378 g/mol. The number of hydrogen-bond acceptors (Lipinski definition) is 3. The molecule has 0 spiro atoms. The van der Waals surface area contributed by atoms with Crippen LogP contribution < -0.4 is 9.62 Å². The molecular weight excluding hydrogens is 355 g/mol. The minimum Gasteiger partial charge on any atom is -0.348 e. The molecule has 2 rings (SSSR count). The van der Waals surface area contributed by atoms with E-state index in [1.807, 2.05) is 0 Å². The maximum atomic E-state index is 13.1.